The minimum atomic E-state index is -0.271. The van der Waals surface area contributed by atoms with Gasteiger partial charge in [0.1, 0.15) is 5.82 Å². The fraction of sp³-hybridized carbons (Fsp3) is 0.304. The van der Waals surface area contributed by atoms with E-state index in [1.807, 2.05) is 18.2 Å². The van der Waals surface area contributed by atoms with Crippen LogP contribution < -0.4 is 10.2 Å². The Kier molecular flexibility index (Phi) is 5.83. The maximum absolute atomic E-state index is 13.6. The summed E-state index contributed by atoms with van der Waals surface area (Å²) in [6.45, 7) is 5.65. The molecule has 0 aliphatic carbocycles. The third-order valence-electron chi connectivity index (χ3n) is 5.65. The molecule has 7 heteroatoms. The lowest BCUT2D eigenvalue weighted by molar-refractivity contribution is 0.186. The summed E-state index contributed by atoms with van der Waals surface area (Å²) in [6, 6.07) is 14.3. The third kappa shape index (κ3) is 3.70. The van der Waals surface area contributed by atoms with Crippen LogP contribution in [0.1, 0.15) is 34.7 Å². The van der Waals surface area contributed by atoms with E-state index in [2.05, 4.69) is 39.7 Å². The van der Waals surface area contributed by atoms with E-state index in [0.717, 1.165) is 34.9 Å². The predicted molar refractivity (Wildman–Crippen MR) is 120 cm³/mol. The average Bonchev–Trinajstić information content (AvgIpc) is 3.23. The molecule has 1 N–H and O–H groups in total. The van der Waals surface area contributed by atoms with Crippen LogP contribution >= 0.6 is 12.2 Å². The Balaban J connectivity index is 1.83. The van der Waals surface area contributed by atoms with Gasteiger partial charge in [-0.1, -0.05) is 6.07 Å². The Labute approximate surface area is 181 Å². The number of pyridine rings is 1. The number of methoxy groups -OCH3 is 1. The van der Waals surface area contributed by atoms with Gasteiger partial charge in [-0.2, -0.15) is 0 Å². The topological polar surface area (TPSA) is 42.3 Å². The highest BCUT2D eigenvalue weighted by Gasteiger charge is 2.42. The zero-order valence-electron chi connectivity index (χ0n) is 17.3. The first-order valence-corrected chi connectivity index (χ1v) is 10.3. The summed E-state index contributed by atoms with van der Waals surface area (Å²) >= 11 is 5.73. The summed E-state index contributed by atoms with van der Waals surface area (Å²) < 4.78 is 21.1. The molecule has 4 rings (SSSR count). The van der Waals surface area contributed by atoms with Crippen LogP contribution in [0, 0.1) is 19.7 Å². The van der Waals surface area contributed by atoms with Crippen LogP contribution in [0.25, 0.3) is 0 Å². The predicted octanol–water partition coefficient (Wildman–Crippen LogP) is 4.46. The summed E-state index contributed by atoms with van der Waals surface area (Å²) in [5, 5.41) is 4.05. The van der Waals surface area contributed by atoms with Gasteiger partial charge in [0, 0.05) is 36.9 Å². The van der Waals surface area contributed by atoms with Crippen molar-refractivity contribution in [3.05, 3.63) is 83.2 Å². The van der Waals surface area contributed by atoms with Crippen molar-refractivity contribution >= 4 is 23.0 Å². The Bertz CT molecular complexity index is 1040. The number of ether oxygens (including phenoxy) is 1. The molecule has 2 atom stereocenters. The Morgan fingerprint density at radius 1 is 1.17 bits per heavy atom. The fourth-order valence-corrected chi connectivity index (χ4v) is 4.55. The summed E-state index contributed by atoms with van der Waals surface area (Å²) in [5.74, 6) is -0.271. The molecule has 1 aliphatic heterocycles. The van der Waals surface area contributed by atoms with Crippen molar-refractivity contribution in [2.24, 2.45) is 0 Å². The largest absolute Gasteiger partial charge is 0.383 e. The highest BCUT2D eigenvalue weighted by Crippen LogP contribution is 2.43. The number of benzene rings is 1. The molecule has 1 aliphatic rings. The molecule has 156 valence electrons. The van der Waals surface area contributed by atoms with Gasteiger partial charge in [0.05, 0.1) is 24.4 Å². The second-order valence-corrected chi connectivity index (χ2v) is 7.83. The fourth-order valence-electron chi connectivity index (χ4n) is 4.20. The van der Waals surface area contributed by atoms with Crippen molar-refractivity contribution in [3.8, 4) is 0 Å². The van der Waals surface area contributed by atoms with Crippen LogP contribution in [0.3, 0.4) is 0 Å². The van der Waals surface area contributed by atoms with E-state index in [4.69, 9.17) is 17.0 Å². The molecule has 0 radical (unpaired) electrons. The number of anilines is 1. The molecular formula is C23H25FN4OS. The van der Waals surface area contributed by atoms with Crippen molar-refractivity contribution in [1.82, 2.24) is 14.9 Å². The van der Waals surface area contributed by atoms with E-state index in [0.29, 0.717) is 11.7 Å². The molecule has 30 heavy (non-hydrogen) atoms. The van der Waals surface area contributed by atoms with Crippen molar-refractivity contribution < 1.29 is 9.13 Å². The summed E-state index contributed by atoms with van der Waals surface area (Å²) in [5.41, 5.74) is 5.25. The molecule has 0 saturated carbocycles. The first-order chi connectivity index (χ1) is 14.5. The third-order valence-corrected chi connectivity index (χ3v) is 5.97. The molecule has 0 bridgehead atoms. The lowest BCUT2D eigenvalue weighted by Gasteiger charge is -2.28. The van der Waals surface area contributed by atoms with Crippen molar-refractivity contribution in [2.45, 2.75) is 32.5 Å². The van der Waals surface area contributed by atoms with E-state index in [1.54, 1.807) is 25.4 Å². The van der Waals surface area contributed by atoms with Gasteiger partial charge in [-0.25, -0.2) is 4.39 Å². The van der Waals surface area contributed by atoms with Crippen LogP contribution in [-0.2, 0) is 11.3 Å². The van der Waals surface area contributed by atoms with E-state index in [-0.39, 0.29) is 17.9 Å². The highest BCUT2D eigenvalue weighted by atomic mass is 32.1. The summed E-state index contributed by atoms with van der Waals surface area (Å²) in [6.07, 6.45) is 1.79. The number of nitrogens with one attached hydrogen (secondary N) is 1. The molecule has 0 amide bonds. The van der Waals surface area contributed by atoms with Gasteiger partial charge in [0.2, 0.25) is 0 Å². The van der Waals surface area contributed by atoms with Gasteiger partial charge < -0.3 is 19.5 Å². The molecule has 3 heterocycles. The Morgan fingerprint density at radius 2 is 1.93 bits per heavy atom. The first kappa shape index (κ1) is 20.5. The average molecular weight is 425 g/mol. The van der Waals surface area contributed by atoms with E-state index < -0.39 is 0 Å². The van der Waals surface area contributed by atoms with Crippen molar-refractivity contribution in [2.75, 3.05) is 18.6 Å². The Hall–Kier alpha value is -2.77. The molecule has 5 nitrogen and oxygen atoms in total. The summed E-state index contributed by atoms with van der Waals surface area (Å²) in [4.78, 5) is 6.65. The van der Waals surface area contributed by atoms with Crippen LogP contribution in [-0.4, -0.2) is 28.4 Å². The molecule has 1 aromatic carbocycles. The highest BCUT2D eigenvalue weighted by molar-refractivity contribution is 7.80. The second kappa shape index (κ2) is 8.53. The molecule has 0 unspecified atom stereocenters. The maximum atomic E-state index is 13.6. The lowest BCUT2D eigenvalue weighted by atomic mass is 9.96. The number of halogens is 1. The normalized spacial score (nSPS) is 18.7. The number of aromatic nitrogens is 2. The molecule has 0 spiro atoms. The monoisotopic (exact) mass is 424 g/mol. The van der Waals surface area contributed by atoms with Gasteiger partial charge in [0.15, 0.2) is 5.11 Å². The summed E-state index contributed by atoms with van der Waals surface area (Å²) in [7, 11) is 1.71. The number of hydrogen-bond donors (Lipinski definition) is 1. The maximum Gasteiger partial charge on any atom is 0.174 e. The van der Waals surface area contributed by atoms with Crippen LogP contribution in [0.2, 0.25) is 0 Å². The van der Waals surface area contributed by atoms with E-state index in [9.17, 15) is 4.39 Å². The smallest absolute Gasteiger partial charge is 0.174 e. The van der Waals surface area contributed by atoms with Crippen LogP contribution in [0.15, 0.2) is 54.7 Å². The lowest BCUT2D eigenvalue weighted by Crippen LogP contribution is -2.29. The number of rotatable bonds is 6. The number of aryl methyl sites for hydroxylation is 1. The van der Waals surface area contributed by atoms with Crippen molar-refractivity contribution in [1.29, 1.82) is 0 Å². The van der Waals surface area contributed by atoms with Gasteiger partial charge >= 0.3 is 0 Å². The van der Waals surface area contributed by atoms with E-state index >= 15 is 0 Å². The minimum Gasteiger partial charge on any atom is -0.383 e. The minimum absolute atomic E-state index is 0.111. The van der Waals surface area contributed by atoms with Crippen LogP contribution in [0.5, 0.6) is 0 Å². The molecule has 1 fully saturated rings. The van der Waals surface area contributed by atoms with Gasteiger partial charge in [-0.3, -0.25) is 4.98 Å². The zero-order chi connectivity index (χ0) is 21.3. The van der Waals surface area contributed by atoms with Crippen molar-refractivity contribution in [3.63, 3.8) is 0 Å². The van der Waals surface area contributed by atoms with Gasteiger partial charge in [-0.05, 0) is 74.1 Å². The SMILES string of the molecule is COCCn1c(C)cc([C@H]2[C@@H](c3ccccn3)NC(=S)N2c2ccc(F)cc2)c1C. The standard InChI is InChI=1S/C23H25FN4OS/c1-15-14-19(16(2)27(15)12-13-29-3)22-21(20-6-4-5-11-25-20)26-23(30)28(22)18-9-7-17(24)8-10-18/h4-11,14,21-22H,12-13H2,1-3H3,(H,26,30)/t21-,22+/m1/s1. The number of hydrogen-bond acceptors (Lipinski definition) is 3. The quantitative estimate of drug-likeness (QED) is 0.592. The number of thiocarbonyl (C=S) groups is 1. The molecule has 3 aromatic rings. The zero-order valence-corrected chi connectivity index (χ0v) is 18.1. The Morgan fingerprint density at radius 3 is 2.60 bits per heavy atom. The first-order valence-electron chi connectivity index (χ1n) is 9.93. The van der Waals surface area contributed by atoms with Gasteiger partial charge in [0.25, 0.3) is 0 Å². The van der Waals surface area contributed by atoms with Gasteiger partial charge in [-0.15, -0.1) is 0 Å². The number of nitrogens with zero attached hydrogens (tertiary/aromatic N) is 3. The van der Waals surface area contributed by atoms with E-state index in [1.165, 1.54) is 12.1 Å². The molecular weight excluding hydrogens is 399 g/mol. The second-order valence-electron chi connectivity index (χ2n) is 7.44. The molecule has 1 saturated heterocycles. The molecule has 2 aromatic heterocycles. The van der Waals surface area contributed by atoms with Crippen LogP contribution in [0.4, 0.5) is 10.1 Å².